The molecule has 70 valence electrons. The predicted octanol–water partition coefficient (Wildman–Crippen LogP) is 2.30. The molecule has 0 fully saturated rings. The number of nitrogens with one attached hydrogen (secondary N) is 1. The van der Waals surface area contributed by atoms with Gasteiger partial charge in [-0.05, 0) is 6.92 Å². The molecule has 0 atom stereocenters. The second-order valence-corrected chi connectivity index (χ2v) is 4.47. The third-order valence-corrected chi connectivity index (χ3v) is 2.75. The fraction of sp³-hybridized carbons (Fsp3) is 0.500. The fourth-order valence-electron chi connectivity index (χ4n) is 0.739. The van der Waals surface area contributed by atoms with Crippen molar-refractivity contribution in [3.05, 3.63) is 11.8 Å². The molecule has 0 aliphatic carbocycles. The molecule has 0 saturated heterocycles. The number of aryl methyl sites for hydroxylation is 1. The quantitative estimate of drug-likeness (QED) is 0.767. The van der Waals surface area contributed by atoms with Crippen LogP contribution in [-0.4, -0.2) is 17.1 Å². The van der Waals surface area contributed by atoms with Crippen LogP contribution in [0.1, 0.15) is 5.76 Å². The molecule has 0 unspecified atom stereocenters. The van der Waals surface area contributed by atoms with E-state index >= 15 is 0 Å². The van der Waals surface area contributed by atoms with Gasteiger partial charge in [0.05, 0.1) is 0 Å². The molecule has 1 heterocycles. The highest BCUT2D eigenvalue weighted by atomic mass is 31.1. The largest absolute Gasteiger partial charge is 0.365 e. The minimum absolute atomic E-state index is 0.144. The van der Waals surface area contributed by atoms with Crippen LogP contribution in [0.3, 0.4) is 0 Å². The first-order valence-electron chi connectivity index (χ1n) is 3.58. The van der Waals surface area contributed by atoms with Crippen molar-refractivity contribution in [3.8, 4) is 0 Å². The van der Waals surface area contributed by atoms with E-state index < -0.39 is 5.40 Å². The van der Waals surface area contributed by atoms with Crippen molar-refractivity contribution < 1.29 is 13.7 Å². The SMILES string of the molecule is Cc1cc(NCC(P=O)P=O)no1. The second-order valence-electron chi connectivity index (χ2n) is 2.40. The van der Waals surface area contributed by atoms with Gasteiger partial charge in [0, 0.05) is 12.6 Å². The first-order chi connectivity index (χ1) is 6.26. The van der Waals surface area contributed by atoms with Gasteiger partial charge in [-0.25, -0.2) is 0 Å². The zero-order valence-electron chi connectivity index (χ0n) is 6.93. The Hall–Kier alpha value is -0.790. The van der Waals surface area contributed by atoms with Crippen molar-refractivity contribution in [2.24, 2.45) is 0 Å². The summed E-state index contributed by atoms with van der Waals surface area (Å²) in [5, 5.41) is 6.08. The summed E-state index contributed by atoms with van der Waals surface area (Å²) in [6, 6.07) is 1.71. The van der Waals surface area contributed by atoms with Crippen molar-refractivity contribution in [2.75, 3.05) is 11.9 Å². The van der Waals surface area contributed by atoms with Gasteiger partial charge < -0.3 is 9.84 Å². The Balaban J connectivity index is 2.42. The summed E-state index contributed by atoms with van der Waals surface area (Å²) >= 11 is 0. The maximum atomic E-state index is 10.4. The van der Waals surface area contributed by atoms with Crippen molar-refractivity contribution in [2.45, 2.75) is 12.3 Å². The lowest BCUT2D eigenvalue weighted by atomic mass is 10.5. The monoisotopic (exact) mass is 218 g/mol. The summed E-state index contributed by atoms with van der Waals surface area (Å²) in [5.74, 6) is 1.26. The Labute approximate surface area is 78.3 Å². The number of hydrogen-bond donors (Lipinski definition) is 1. The van der Waals surface area contributed by atoms with Crippen LogP contribution in [0.5, 0.6) is 0 Å². The average Bonchev–Trinajstić information content (AvgIpc) is 2.53. The highest BCUT2D eigenvalue weighted by Gasteiger charge is 2.08. The normalized spacial score (nSPS) is 13.3. The lowest BCUT2D eigenvalue weighted by molar-refractivity contribution is 0.400. The summed E-state index contributed by atoms with van der Waals surface area (Å²) in [6.45, 7) is 2.11. The summed E-state index contributed by atoms with van der Waals surface area (Å²) in [6.07, 6.45) is 0. The zero-order chi connectivity index (χ0) is 9.68. The number of hydrogen-bond acceptors (Lipinski definition) is 5. The number of anilines is 1. The molecule has 0 aliphatic rings. The van der Waals surface area contributed by atoms with Gasteiger partial charge in [0.15, 0.2) is 22.7 Å². The smallest absolute Gasteiger partial charge is 0.173 e. The molecule has 0 saturated carbocycles. The number of nitrogens with zero attached hydrogens (tertiary/aromatic N) is 1. The molecule has 0 aromatic carbocycles. The van der Waals surface area contributed by atoms with Crippen molar-refractivity contribution in [3.63, 3.8) is 0 Å². The van der Waals surface area contributed by atoms with Gasteiger partial charge in [0.2, 0.25) is 0 Å². The lowest BCUT2D eigenvalue weighted by Crippen LogP contribution is -2.08. The molecule has 7 heteroatoms. The van der Waals surface area contributed by atoms with Gasteiger partial charge in [-0.2, -0.15) is 0 Å². The molecule has 0 bridgehead atoms. The van der Waals surface area contributed by atoms with Gasteiger partial charge >= 0.3 is 0 Å². The number of aromatic nitrogens is 1. The molecule has 0 radical (unpaired) electrons. The molecular weight excluding hydrogens is 210 g/mol. The Morgan fingerprint density at radius 1 is 1.62 bits per heavy atom. The van der Waals surface area contributed by atoms with Crippen LogP contribution in [0, 0.1) is 6.92 Å². The van der Waals surface area contributed by atoms with Gasteiger partial charge in [-0.3, -0.25) is 9.13 Å². The first-order valence-corrected chi connectivity index (χ1v) is 5.34. The maximum absolute atomic E-state index is 10.4. The van der Waals surface area contributed by atoms with Crippen LogP contribution in [0.25, 0.3) is 0 Å². The molecule has 1 rings (SSSR count). The van der Waals surface area contributed by atoms with E-state index in [0.29, 0.717) is 18.1 Å². The first kappa shape index (κ1) is 10.3. The maximum Gasteiger partial charge on any atom is 0.173 e. The van der Waals surface area contributed by atoms with E-state index in [2.05, 4.69) is 10.5 Å². The van der Waals surface area contributed by atoms with Crippen LogP contribution in [-0.2, 0) is 9.13 Å². The molecule has 0 amide bonds. The Kier molecular flexibility index (Phi) is 4.00. The van der Waals surface area contributed by atoms with Gasteiger partial charge in [-0.1, -0.05) is 5.16 Å². The molecule has 0 aliphatic heterocycles. The van der Waals surface area contributed by atoms with Crippen molar-refractivity contribution >= 4 is 22.7 Å². The zero-order valence-corrected chi connectivity index (χ0v) is 8.72. The Morgan fingerprint density at radius 3 is 2.77 bits per heavy atom. The predicted molar refractivity (Wildman–Crippen MR) is 48.7 cm³/mol. The minimum atomic E-state index is -0.433. The molecular formula is C6H8N2O3P2. The molecule has 13 heavy (non-hydrogen) atoms. The number of rotatable bonds is 5. The van der Waals surface area contributed by atoms with Crippen LogP contribution in [0.2, 0.25) is 0 Å². The Morgan fingerprint density at radius 2 is 2.31 bits per heavy atom. The van der Waals surface area contributed by atoms with E-state index in [1.165, 1.54) is 0 Å². The highest BCUT2D eigenvalue weighted by Crippen LogP contribution is 2.19. The molecule has 5 nitrogen and oxygen atoms in total. The highest BCUT2D eigenvalue weighted by molar-refractivity contribution is 7.44. The lowest BCUT2D eigenvalue weighted by Gasteiger charge is -2.00. The van der Waals surface area contributed by atoms with E-state index in [1.807, 2.05) is 0 Å². The van der Waals surface area contributed by atoms with Gasteiger partial charge in [0.1, 0.15) is 11.2 Å². The van der Waals surface area contributed by atoms with E-state index in [1.54, 1.807) is 13.0 Å². The molecule has 1 N–H and O–H groups in total. The third-order valence-electron chi connectivity index (χ3n) is 1.34. The van der Waals surface area contributed by atoms with E-state index in [0.717, 1.165) is 0 Å². The van der Waals surface area contributed by atoms with Crippen LogP contribution < -0.4 is 5.32 Å². The molecule has 1 aromatic heterocycles. The standard InChI is InChI=1S/C6H8N2O3P2/c1-4-2-5(8-11-4)7-3-6(12-9)13-10/h2,6H,3H2,1H3,(H,7,8). The van der Waals surface area contributed by atoms with E-state index in [4.69, 9.17) is 4.52 Å². The van der Waals surface area contributed by atoms with Gasteiger partial charge in [-0.15, -0.1) is 0 Å². The molecule has 1 aromatic rings. The van der Waals surface area contributed by atoms with Crippen LogP contribution in [0.15, 0.2) is 10.6 Å². The summed E-state index contributed by atoms with van der Waals surface area (Å²) < 4.78 is 25.5. The minimum Gasteiger partial charge on any atom is -0.365 e. The average molecular weight is 218 g/mol. The van der Waals surface area contributed by atoms with E-state index in [-0.39, 0.29) is 16.9 Å². The topological polar surface area (TPSA) is 72.2 Å². The van der Waals surface area contributed by atoms with E-state index in [9.17, 15) is 9.13 Å². The summed E-state index contributed by atoms with van der Waals surface area (Å²) in [4.78, 5) is 0. The third kappa shape index (κ3) is 3.21. The fourth-order valence-corrected chi connectivity index (χ4v) is 1.22. The Bertz CT molecular complexity index is 294. The second kappa shape index (κ2) is 5.05. The van der Waals surface area contributed by atoms with Crippen LogP contribution in [0.4, 0.5) is 5.82 Å². The van der Waals surface area contributed by atoms with Crippen LogP contribution >= 0.6 is 16.9 Å². The van der Waals surface area contributed by atoms with Crippen molar-refractivity contribution in [1.82, 2.24) is 5.16 Å². The summed E-state index contributed by atoms with van der Waals surface area (Å²) in [7, 11) is -0.288. The van der Waals surface area contributed by atoms with Gasteiger partial charge in [0.25, 0.3) is 0 Å². The molecule has 0 spiro atoms. The van der Waals surface area contributed by atoms with Crippen molar-refractivity contribution in [1.29, 1.82) is 0 Å². The summed E-state index contributed by atoms with van der Waals surface area (Å²) in [5.41, 5.74) is 0.